The number of aromatic nitrogens is 2. The van der Waals surface area contributed by atoms with Gasteiger partial charge in [-0.15, -0.1) is 0 Å². The van der Waals surface area contributed by atoms with Gasteiger partial charge in [0.25, 0.3) is 0 Å². The molecule has 37 heavy (non-hydrogen) atoms. The van der Waals surface area contributed by atoms with Gasteiger partial charge in [-0.05, 0) is 49.9 Å². The predicted octanol–water partition coefficient (Wildman–Crippen LogP) is 5.97. The average molecular weight is 495 g/mol. The number of amides is 2. The summed E-state index contributed by atoms with van der Waals surface area (Å²) in [5.74, 6) is 0.338. The molecule has 0 aliphatic carbocycles. The summed E-state index contributed by atoms with van der Waals surface area (Å²) in [6, 6.07) is 27.9. The molecule has 4 aromatic rings. The van der Waals surface area contributed by atoms with Crippen LogP contribution in [0, 0.1) is 13.8 Å². The van der Waals surface area contributed by atoms with Gasteiger partial charge in [-0.1, -0.05) is 85.3 Å². The number of carbonyl (C=O) groups is 2. The van der Waals surface area contributed by atoms with Crippen molar-refractivity contribution >= 4 is 17.6 Å². The highest BCUT2D eigenvalue weighted by Gasteiger charge is 2.22. The normalized spacial score (nSPS) is 10.8. The van der Waals surface area contributed by atoms with Gasteiger partial charge in [-0.25, -0.2) is 4.68 Å². The Labute approximate surface area is 218 Å². The van der Waals surface area contributed by atoms with Crippen molar-refractivity contribution in [3.63, 3.8) is 0 Å². The Bertz CT molecular complexity index is 1330. The SMILES string of the molecule is CCCN(CC(=O)Nc1c(-c2ccccc2)c(C)nn1-c1ccc(C)cc1)C(=O)CCc1ccccc1. The Kier molecular flexibility index (Phi) is 8.52. The molecule has 4 rings (SSSR count). The Balaban J connectivity index is 1.58. The molecule has 1 heterocycles. The molecule has 0 bridgehead atoms. The number of carbonyl (C=O) groups excluding carboxylic acids is 2. The molecule has 0 aliphatic rings. The summed E-state index contributed by atoms with van der Waals surface area (Å²) < 4.78 is 1.77. The molecule has 0 atom stereocenters. The average Bonchev–Trinajstić information content (AvgIpc) is 3.23. The smallest absolute Gasteiger partial charge is 0.245 e. The molecule has 2 amide bonds. The van der Waals surface area contributed by atoms with Gasteiger partial charge in [0.15, 0.2) is 0 Å². The second-order valence-electron chi connectivity index (χ2n) is 9.27. The summed E-state index contributed by atoms with van der Waals surface area (Å²) in [6.07, 6.45) is 1.80. The van der Waals surface area contributed by atoms with Gasteiger partial charge >= 0.3 is 0 Å². The molecule has 1 N–H and O–H groups in total. The number of anilines is 1. The largest absolute Gasteiger partial charge is 0.333 e. The highest BCUT2D eigenvalue weighted by Crippen LogP contribution is 2.33. The minimum atomic E-state index is -0.244. The zero-order valence-corrected chi connectivity index (χ0v) is 21.8. The first kappa shape index (κ1) is 25.9. The summed E-state index contributed by atoms with van der Waals surface area (Å²) in [5, 5.41) is 7.87. The molecule has 0 saturated carbocycles. The van der Waals surface area contributed by atoms with Crippen LogP contribution in [0.2, 0.25) is 0 Å². The van der Waals surface area contributed by atoms with Crippen molar-refractivity contribution in [2.75, 3.05) is 18.4 Å². The minimum absolute atomic E-state index is 0.00613. The zero-order chi connectivity index (χ0) is 26.2. The van der Waals surface area contributed by atoms with Crippen LogP contribution in [-0.2, 0) is 16.0 Å². The lowest BCUT2D eigenvalue weighted by atomic mass is 10.1. The Morgan fingerprint density at radius 1 is 0.892 bits per heavy atom. The summed E-state index contributed by atoms with van der Waals surface area (Å²) in [4.78, 5) is 28.0. The van der Waals surface area contributed by atoms with Crippen LogP contribution >= 0.6 is 0 Å². The minimum Gasteiger partial charge on any atom is -0.333 e. The Morgan fingerprint density at radius 2 is 1.54 bits per heavy atom. The van der Waals surface area contributed by atoms with E-state index < -0.39 is 0 Å². The third kappa shape index (κ3) is 6.53. The fourth-order valence-corrected chi connectivity index (χ4v) is 4.43. The van der Waals surface area contributed by atoms with Crippen molar-refractivity contribution < 1.29 is 9.59 Å². The van der Waals surface area contributed by atoms with E-state index in [0.29, 0.717) is 25.2 Å². The summed E-state index contributed by atoms with van der Waals surface area (Å²) in [5.41, 5.74) is 5.76. The van der Waals surface area contributed by atoms with Gasteiger partial charge in [0.1, 0.15) is 5.82 Å². The van der Waals surface area contributed by atoms with E-state index in [1.807, 2.05) is 106 Å². The van der Waals surface area contributed by atoms with E-state index in [9.17, 15) is 9.59 Å². The predicted molar refractivity (Wildman–Crippen MR) is 149 cm³/mol. The molecule has 0 saturated heterocycles. The number of benzene rings is 3. The summed E-state index contributed by atoms with van der Waals surface area (Å²) in [7, 11) is 0. The van der Waals surface area contributed by atoms with E-state index >= 15 is 0 Å². The first-order valence-corrected chi connectivity index (χ1v) is 12.8. The van der Waals surface area contributed by atoms with Crippen molar-refractivity contribution in [3.8, 4) is 16.8 Å². The van der Waals surface area contributed by atoms with Gasteiger partial charge in [0, 0.05) is 18.5 Å². The highest BCUT2D eigenvalue weighted by molar-refractivity contribution is 5.98. The van der Waals surface area contributed by atoms with Crippen molar-refractivity contribution in [2.45, 2.75) is 40.0 Å². The van der Waals surface area contributed by atoms with Crippen LogP contribution in [0.5, 0.6) is 0 Å². The molecule has 0 spiro atoms. The van der Waals surface area contributed by atoms with Gasteiger partial charge in [0.2, 0.25) is 11.8 Å². The number of rotatable bonds is 10. The fourth-order valence-electron chi connectivity index (χ4n) is 4.43. The summed E-state index contributed by atoms with van der Waals surface area (Å²) >= 11 is 0. The molecule has 190 valence electrons. The molecule has 6 nitrogen and oxygen atoms in total. The van der Waals surface area contributed by atoms with E-state index in [1.54, 1.807) is 9.58 Å². The first-order valence-electron chi connectivity index (χ1n) is 12.8. The van der Waals surface area contributed by atoms with Crippen LogP contribution < -0.4 is 5.32 Å². The van der Waals surface area contributed by atoms with Crippen molar-refractivity contribution in [3.05, 3.63) is 102 Å². The zero-order valence-electron chi connectivity index (χ0n) is 21.8. The molecular weight excluding hydrogens is 460 g/mol. The lowest BCUT2D eigenvalue weighted by Gasteiger charge is -2.22. The van der Waals surface area contributed by atoms with Gasteiger partial charge in [-0.2, -0.15) is 5.10 Å². The quantitative estimate of drug-likeness (QED) is 0.296. The van der Waals surface area contributed by atoms with Crippen molar-refractivity contribution in [2.24, 2.45) is 0 Å². The maximum atomic E-state index is 13.4. The number of hydrogen-bond acceptors (Lipinski definition) is 3. The topological polar surface area (TPSA) is 67.2 Å². The lowest BCUT2D eigenvalue weighted by Crippen LogP contribution is -2.39. The molecule has 6 heteroatoms. The molecule has 0 radical (unpaired) electrons. The maximum absolute atomic E-state index is 13.4. The van der Waals surface area contributed by atoms with Crippen LogP contribution in [0.3, 0.4) is 0 Å². The first-order chi connectivity index (χ1) is 18.0. The lowest BCUT2D eigenvalue weighted by molar-refractivity contribution is -0.134. The van der Waals surface area contributed by atoms with Crippen molar-refractivity contribution in [1.82, 2.24) is 14.7 Å². The number of hydrogen-bond donors (Lipinski definition) is 1. The molecule has 0 unspecified atom stereocenters. The standard InChI is InChI=1S/C31H34N4O2/c1-4-21-34(29(37)20-17-25-11-7-5-8-12-25)22-28(36)32-31-30(26-13-9-6-10-14-26)24(3)33-35(31)27-18-15-23(2)16-19-27/h5-16,18-19H,4,17,20-22H2,1-3H3,(H,32,36). The van der Waals surface area contributed by atoms with Crippen LogP contribution in [0.25, 0.3) is 16.8 Å². The summed E-state index contributed by atoms with van der Waals surface area (Å²) in [6.45, 7) is 6.52. The molecule has 1 aromatic heterocycles. The third-order valence-corrected chi connectivity index (χ3v) is 6.31. The van der Waals surface area contributed by atoms with Gasteiger partial charge in [0.05, 0.1) is 17.9 Å². The van der Waals surface area contributed by atoms with Crippen LogP contribution in [-0.4, -0.2) is 39.6 Å². The fraction of sp³-hybridized carbons (Fsp3) is 0.258. The van der Waals surface area contributed by atoms with Crippen LogP contribution in [0.4, 0.5) is 5.82 Å². The van der Waals surface area contributed by atoms with E-state index in [2.05, 4.69) is 5.32 Å². The van der Waals surface area contributed by atoms with Crippen LogP contribution in [0.15, 0.2) is 84.9 Å². The highest BCUT2D eigenvalue weighted by atomic mass is 16.2. The molecule has 0 aliphatic heterocycles. The number of nitrogens with one attached hydrogen (secondary N) is 1. The van der Waals surface area contributed by atoms with E-state index in [1.165, 1.54) is 0 Å². The third-order valence-electron chi connectivity index (χ3n) is 6.31. The van der Waals surface area contributed by atoms with E-state index in [-0.39, 0.29) is 18.4 Å². The second kappa shape index (κ2) is 12.2. The van der Waals surface area contributed by atoms with Gasteiger partial charge in [-0.3, -0.25) is 9.59 Å². The maximum Gasteiger partial charge on any atom is 0.245 e. The second-order valence-corrected chi connectivity index (χ2v) is 9.27. The van der Waals surface area contributed by atoms with E-state index in [4.69, 9.17) is 5.10 Å². The molecular formula is C31H34N4O2. The molecule has 3 aromatic carbocycles. The Morgan fingerprint density at radius 3 is 2.19 bits per heavy atom. The number of aryl methyl sites for hydroxylation is 3. The monoisotopic (exact) mass is 494 g/mol. The van der Waals surface area contributed by atoms with E-state index in [0.717, 1.165) is 40.1 Å². The van der Waals surface area contributed by atoms with Crippen molar-refractivity contribution in [1.29, 1.82) is 0 Å². The van der Waals surface area contributed by atoms with Gasteiger partial charge < -0.3 is 10.2 Å². The van der Waals surface area contributed by atoms with Crippen LogP contribution in [0.1, 0.15) is 36.6 Å². The molecule has 0 fully saturated rings. The Hall–Kier alpha value is -4.19. The number of nitrogens with zero attached hydrogens (tertiary/aromatic N) is 3.